The van der Waals surface area contributed by atoms with Crippen LogP contribution in [0.15, 0.2) is 72.8 Å². The maximum atomic E-state index is 14.3. The van der Waals surface area contributed by atoms with Crippen LogP contribution in [0.3, 0.4) is 0 Å². The minimum Gasteiger partial charge on any atom is -0.352 e. The maximum absolute atomic E-state index is 14.3. The van der Waals surface area contributed by atoms with E-state index in [1.807, 2.05) is 42.5 Å². The Morgan fingerprint density at radius 2 is 1.55 bits per heavy atom. The van der Waals surface area contributed by atoms with Gasteiger partial charge in [0.2, 0.25) is 21.8 Å². The molecule has 7 nitrogen and oxygen atoms in total. The zero-order valence-electron chi connectivity index (χ0n) is 25.7. The summed E-state index contributed by atoms with van der Waals surface area (Å²) in [6.45, 7) is 5.78. The Morgan fingerprint density at radius 1 is 0.909 bits per heavy atom. The number of hydrogen-bond donors (Lipinski definition) is 1. The van der Waals surface area contributed by atoms with Gasteiger partial charge in [-0.2, -0.15) is 0 Å². The number of sulfonamides is 1. The molecule has 4 rings (SSSR count). The average Bonchev–Trinajstić information content (AvgIpc) is 3.48. The highest BCUT2D eigenvalue weighted by atomic mass is 35.5. The molecular formula is C34H41Cl2N3O4S. The number of carbonyl (C=O) groups is 2. The summed E-state index contributed by atoms with van der Waals surface area (Å²) in [6.07, 6.45) is 5.18. The van der Waals surface area contributed by atoms with Crippen LogP contribution in [0.25, 0.3) is 0 Å². The van der Waals surface area contributed by atoms with E-state index in [2.05, 4.69) is 26.1 Å². The zero-order valence-corrected chi connectivity index (χ0v) is 28.1. The van der Waals surface area contributed by atoms with E-state index in [1.165, 1.54) is 4.90 Å². The van der Waals surface area contributed by atoms with Crippen LogP contribution in [0.4, 0.5) is 5.69 Å². The molecule has 0 spiro atoms. The Balaban J connectivity index is 1.73. The predicted octanol–water partition coefficient (Wildman–Crippen LogP) is 6.76. The predicted molar refractivity (Wildman–Crippen MR) is 179 cm³/mol. The Hall–Kier alpha value is -3.07. The lowest BCUT2D eigenvalue weighted by Crippen LogP contribution is -2.54. The summed E-state index contributed by atoms with van der Waals surface area (Å²) in [6, 6.07) is 20.9. The van der Waals surface area contributed by atoms with Crippen LogP contribution in [-0.4, -0.2) is 50.0 Å². The van der Waals surface area contributed by atoms with Gasteiger partial charge >= 0.3 is 0 Å². The third kappa shape index (κ3) is 8.99. The van der Waals surface area contributed by atoms with Gasteiger partial charge in [0.1, 0.15) is 12.6 Å². The van der Waals surface area contributed by atoms with Crippen molar-refractivity contribution in [1.29, 1.82) is 0 Å². The van der Waals surface area contributed by atoms with E-state index in [1.54, 1.807) is 30.3 Å². The topological polar surface area (TPSA) is 86.8 Å². The zero-order chi connectivity index (χ0) is 32.1. The van der Waals surface area contributed by atoms with Gasteiger partial charge in [0.05, 0.1) is 22.0 Å². The van der Waals surface area contributed by atoms with Crippen molar-refractivity contribution in [3.63, 3.8) is 0 Å². The van der Waals surface area contributed by atoms with Crippen LogP contribution in [0, 0.1) is 0 Å². The number of anilines is 1. The van der Waals surface area contributed by atoms with E-state index in [9.17, 15) is 18.0 Å². The summed E-state index contributed by atoms with van der Waals surface area (Å²) < 4.78 is 27.3. The summed E-state index contributed by atoms with van der Waals surface area (Å²) >= 11 is 12.5. The van der Waals surface area contributed by atoms with Gasteiger partial charge in [-0.3, -0.25) is 13.9 Å². The van der Waals surface area contributed by atoms with Crippen LogP contribution in [-0.2, 0) is 38.0 Å². The standard InChI is InChI=1S/C34H41Cl2N3O4S/c1-34(2,3)26-15-17-28(18-16-26)39(44(4,42)43)23-32(40)38(22-25-14-19-29(35)30(36)20-25)31(21-24-10-6-5-7-11-24)33(41)37-27-12-8-9-13-27/h5-7,10-11,14-20,27,31H,8-9,12-13,21-23H2,1-4H3,(H,37,41)/t31-/m1/s1. The second-order valence-corrected chi connectivity index (χ2v) is 15.3. The first-order valence-electron chi connectivity index (χ1n) is 14.9. The SMILES string of the molecule is CC(C)(C)c1ccc(N(CC(=O)N(Cc2ccc(Cl)c(Cl)c2)[C@H](Cc2ccccc2)C(=O)NC2CCCC2)S(C)(=O)=O)cc1. The molecule has 1 saturated carbocycles. The van der Waals surface area contributed by atoms with Crippen molar-refractivity contribution in [3.8, 4) is 0 Å². The Labute approximate surface area is 271 Å². The van der Waals surface area contributed by atoms with Crippen molar-refractivity contribution < 1.29 is 18.0 Å². The molecule has 0 radical (unpaired) electrons. The fourth-order valence-corrected chi connectivity index (χ4v) is 6.67. The number of nitrogens with one attached hydrogen (secondary N) is 1. The molecule has 2 amide bonds. The molecule has 0 heterocycles. The summed E-state index contributed by atoms with van der Waals surface area (Å²) in [5.41, 5.74) is 2.83. The van der Waals surface area contributed by atoms with E-state index in [4.69, 9.17) is 23.2 Å². The molecule has 1 aliphatic rings. The number of benzene rings is 3. The van der Waals surface area contributed by atoms with Crippen molar-refractivity contribution in [2.75, 3.05) is 17.1 Å². The molecule has 3 aromatic rings. The lowest BCUT2D eigenvalue weighted by molar-refractivity contribution is -0.140. The van der Waals surface area contributed by atoms with Gasteiger partial charge in [-0.25, -0.2) is 8.42 Å². The molecule has 0 aliphatic heterocycles. The van der Waals surface area contributed by atoms with E-state index in [-0.39, 0.29) is 30.3 Å². The number of nitrogens with zero attached hydrogens (tertiary/aromatic N) is 2. The van der Waals surface area contributed by atoms with Crippen LogP contribution in [0.1, 0.15) is 63.1 Å². The maximum Gasteiger partial charge on any atom is 0.244 e. The van der Waals surface area contributed by atoms with E-state index in [0.717, 1.165) is 47.4 Å². The normalized spacial score (nSPS) is 14.7. The fraction of sp³-hybridized carbons (Fsp3) is 0.412. The Kier molecular flexibility index (Phi) is 11.0. The Bertz CT molecular complexity index is 1550. The molecule has 236 valence electrons. The van der Waals surface area contributed by atoms with Gasteiger partial charge in [-0.15, -0.1) is 0 Å². The average molecular weight is 659 g/mol. The summed E-state index contributed by atoms with van der Waals surface area (Å²) in [5, 5.41) is 3.86. The molecule has 1 N–H and O–H groups in total. The minimum atomic E-state index is -3.86. The van der Waals surface area contributed by atoms with Crippen molar-refractivity contribution >= 4 is 50.7 Å². The molecule has 3 aromatic carbocycles. The van der Waals surface area contributed by atoms with Crippen LogP contribution < -0.4 is 9.62 Å². The van der Waals surface area contributed by atoms with Gasteiger partial charge in [0.25, 0.3) is 0 Å². The summed E-state index contributed by atoms with van der Waals surface area (Å²) in [5.74, 6) is -0.779. The van der Waals surface area contributed by atoms with Crippen molar-refractivity contribution in [2.24, 2.45) is 0 Å². The first kappa shape index (κ1) is 33.8. The number of amides is 2. The number of halogens is 2. The molecule has 0 aromatic heterocycles. The van der Waals surface area contributed by atoms with Gasteiger partial charge in [-0.05, 0) is 59.2 Å². The largest absolute Gasteiger partial charge is 0.352 e. The molecule has 1 aliphatic carbocycles. The highest BCUT2D eigenvalue weighted by Crippen LogP contribution is 2.28. The number of carbonyl (C=O) groups excluding carboxylic acids is 2. The molecular weight excluding hydrogens is 617 g/mol. The highest BCUT2D eigenvalue weighted by Gasteiger charge is 2.34. The highest BCUT2D eigenvalue weighted by molar-refractivity contribution is 7.92. The molecule has 0 saturated heterocycles. The first-order valence-corrected chi connectivity index (χ1v) is 17.5. The molecule has 0 bridgehead atoms. The van der Waals surface area contributed by atoms with E-state index in [0.29, 0.717) is 21.3 Å². The van der Waals surface area contributed by atoms with E-state index >= 15 is 0 Å². The second-order valence-electron chi connectivity index (χ2n) is 12.5. The van der Waals surface area contributed by atoms with Gasteiger partial charge in [0, 0.05) is 19.0 Å². The van der Waals surface area contributed by atoms with Gasteiger partial charge in [-0.1, -0.05) is 105 Å². The molecule has 10 heteroatoms. The van der Waals surface area contributed by atoms with Gasteiger partial charge < -0.3 is 10.2 Å². The number of rotatable bonds is 11. The number of hydrogen-bond acceptors (Lipinski definition) is 4. The van der Waals surface area contributed by atoms with Crippen LogP contribution >= 0.6 is 23.2 Å². The molecule has 1 fully saturated rings. The van der Waals surface area contributed by atoms with Crippen molar-refractivity contribution in [2.45, 2.75) is 76.9 Å². The Morgan fingerprint density at radius 3 is 2.11 bits per heavy atom. The third-order valence-electron chi connectivity index (χ3n) is 8.01. The quantitative estimate of drug-likeness (QED) is 0.247. The van der Waals surface area contributed by atoms with Crippen LogP contribution in [0.5, 0.6) is 0 Å². The summed E-state index contributed by atoms with van der Waals surface area (Å²) in [7, 11) is -3.86. The molecule has 44 heavy (non-hydrogen) atoms. The van der Waals surface area contributed by atoms with Crippen LogP contribution in [0.2, 0.25) is 10.0 Å². The first-order chi connectivity index (χ1) is 20.7. The lowest BCUT2D eigenvalue weighted by atomic mass is 9.87. The van der Waals surface area contributed by atoms with Gasteiger partial charge in [0.15, 0.2) is 0 Å². The van der Waals surface area contributed by atoms with Crippen molar-refractivity contribution in [3.05, 3.63) is 99.5 Å². The second kappa shape index (κ2) is 14.4. The van der Waals surface area contributed by atoms with E-state index < -0.39 is 28.5 Å². The van der Waals surface area contributed by atoms with Crippen molar-refractivity contribution in [1.82, 2.24) is 10.2 Å². The monoisotopic (exact) mass is 657 g/mol. The summed E-state index contributed by atoms with van der Waals surface area (Å²) in [4.78, 5) is 29.7. The molecule has 1 atom stereocenters. The molecule has 0 unspecified atom stereocenters. The smallest absolute Gasteiger partial charge is 0.244 e. The minimum absolute atomic E-state index is 0.0336. The lowest BCUT2D eigenvalue weighted by Gasteiger charge is -2.34. The third-order valence-corrected chi connectivity index (χ3v) is 9.89. The fourth-order valence-electron chi connectivity index (χ4n) is 5.50.